The van der Waals surface area contributed by atoms with E-state index in [1.165, 1.54) is 5.56 Å². The van der Waals surface area contributed by atoms with E-state index >= 15 is 0 Å². The summed E-state index contributed by atoms with van der Waals surface area (Å²) in [5.41, 5.74) is 4.38. The van der Waals surface area contributed by atoms with Crippen LogP contribution in [0.15, 0.2) is 54.7 Å². The van der Waals surface area contributed by atoms with Crippen LogP contribution in [0.5, 0.6) is 0 Å². The van der Waals surface area contributed by atoms with Crippen LogP contribution in [-0.4, -0.2) is 37.2 Å². The van der Waals surface area contributed by atoms with E-state index < -0.39 is 0 Å². The monoisotopic (exact) mass is 389 g/mol. The Morgan fingerprint density at radius 3 is 2.59 bits per heavy atom. The van der Waals surface area contributed by atoms with Crippen molar-refractivity contribution < 1.29 is 9.53 Å². The molecule has 3 aromatic rings. The lowest BCUT2D eigenvalue weighted by Crippen LogP contribution is -2.37. The number of benzene rings is 2. The van der Waals surface area contributed by atoms with Crippen LogP contribution in [0.2, 0.25) is 0 Å². The Kier molecular flexibility index (Phi) is 5.24. The minimum Gasteiger partial charge on any atom is -0.378 e. The van der Waals surface area contributed by atoms with Gasteiger partial charge in [0.05, 0.1) is 30.0 Å². The molecule has 0 radical (unpaired) electrons. The van der Waals surface area contributed by atoms with Gasteiger partial charge in [0.15, 0.2) is 0 Å². The molecule has 0 bridgehead atoms. The zero-order chi connectivity index (χ0) is 20.4. The van der Waals surface area contributed by atoms with E-state index in [4.69, 9.17) is 4.74 Å². The van der Waals surface area contributed by atoms with E-state index in [0.29, 0.717) is 18.8 Å². The molecular weight excluding hydrogens is 362 g/mol. The number of rotatable bonds is 3. The summed E-state index contributed by atoms with van der Waals surface area (Å²) in [4.78, 5) is 20.0. The Bertz CT molecular complexity index is 1030. The third-order valence-electron chi connectivity index (χ3n) is 5.34. The number of pyridine rings is 1. The highest BCUT2D eigenvalue weighted by molar-refractivity contribution is 6.11. The number of aromatic nitrogens is 1. The molecule has 1 aromatic heterocycles. The first-order valence-corrected chi connectivity index (χ1v) is 10.1. The number of fused-ring (bicyclic) bond motifs is 1. The molecule has 0 saturated carbocycles. The minimum atomic E-state index is -0.120. The summed E-state index contributed by atoms with van der Waals surface area (Å²) >= 11 is 0. The predicted molar refractivity (Wildman–Crippen MR) is 118 cm³/mol. The Morgan fingerprint density at radius 2 is 1.83 bits per heavy atom. The average Bonchev–Trinajstić information content (AvgIpc) is 2.73. The van der Waals surface area contributed by atoms with Crippen molar-refractivity contribution in [1.82, 2.24) is 4.98 Å². The van der Waals surface area contributed by atoms with Gasteiger partial charge in [-0.25, -0.2) is 0 Å². The molecule has 1 aliphatic heterocycles. The van der Waals surface area contributed by atoms with E-state index in [1.54, 1.807) is 6.20 Å². The van der Waals surface area contributed by atoms with Gasteiger partial charge in [-0.05, 0) is 35.2 Å². The Hall–Kier alpha value is -2.92. The molecule has 0 spiro atoms. The Balaban J connectivity index is 1.71. The number of nitrogens with one attached hydrogen (secondary N) is 1. The molecule has 0 aliphatic carbocycles. The van der Waals surface area contributed by atoms with Gasteiger partial charge < -0.3 is 15.0 Å². The second kappa shape index (κ2) is 7.84. The van der Waals surface area contributed by atoms with Crippen molar-refractivity contribution in [1.29, 1.82) is 0 Å². The molecule has 0 atom stereocenters. The molecule has 1 fully saturated rings. The molecule has 0 unspecified atom stereocenters. The van der Waals surface area contributed by atoms with Crippen molar-refractivity contribution in [3.63, 3.8) is 0 Å². The molecule has 1 amide bonds. The van der Waals surface area contributed by atoms with Crippen LogP contribution in [0.4, 0.5) is 11.4 Å². The minimum absolute atomic E-state index is 0.00952. The first-order chi connectivity index (χ1) is 13.9. The number of hydrogen-bond acceptors (Lipinski definition) is 4. The van der Waals surface area contributed by atoms with Crippen molar-refractivity contribution in [2.75, 3.05) is 36.5 Å². The normalized spacial score (nSPS) is 14.8. The van der Waals surface area contributed by atoms with Crippen molar-refractivity contribution in [2.24, 2.45) is 0 Å². The Morgan fingerprint density at radius 1 is 1.07 bits per heavy atom. The van der Waals surface area contributed by atoms with Crippen molar-refractivity contribution in [3.05, 3.63) is 65.9 Å². The highest BCUT2D eigenvalue weighted by atomic mass is 16.5. The van der Waals surface area contributed by atoms with Gasteiger partial charge in [0.1, 0.15) is 0 Å². The summed E-state index contributed by atoms with van der Waals surface area (Å²) in [6.45, 7) is 9.47. The quantitative estimate of drug-likeness (QED) is 0.710. The van der Waals surface area contributed by atoms with Gasteiger partial charge in [-0.15, -0.1) is 0 Å². The van der Waals surface area contributed by atoms with Crippen LogP contribution in [0.3, 0.4) is 0 Å². The molecule has 150 valence electrons. The molecule has 1 aliphatic rings. The second-order valence-corrected chi connectivity index (χ2v) is 8.42. The van der Waals surface area contributed by atoms with Crippen LogP contribution in [-0.2, 0) is 10.2 Å². The van der Waals surface area contributed by atoms with Crippen molar-refractivity contribution in [2.45, 2.75) is 26.2 Å². The molecule has 1 N–H and O–H groups in total. The SMILES string of the molecule is CC(C)(C)c1ccc(C(=O)Nc2cccc3cccnc23)c(N2CCOCC2)c1. The summed E-state index contributed by atoms with van der Waals surface area (Å²) in [5, 5.41) is 4.08. The molecule has 1 saturated heterocycles. The number of hydrogen-bond donors (Lipinski definition) is 1. The summed E-state index contributed by atoms with van der Waals surface area (Å²) in [5.74, 6) is -0.120. The van der Waals surface area contributed by atoms with E-state index in [1.807, 2.05) is 36.4 Å². The summed E-state index contributed by atoms with van der Waals surface area (Å²) in [7, 11) is 0. The number of anilines is 2. The van der Waals surface area contributed by atoms with Crippen molar-refractivity contribution in [3.8, 4) is 0 Å². The molecule has 2 aromatic carbocycles. The van der Waals surface area contributed by atoms with E-state index in [9.17, 15) is 4.79 Å². The van der Waals surface area contributed by atoms with Gasteiger partial charge in [0.2, 0.25) is 0 Å². The number of para-hydroxylation sites is 1. The molecule has 29 heavy (non-hydrogen) atoms. The van der Waals surface area contributed by atoms with Gasteiger partial charge in [-0.3, -0.25) is 9.78 Å². The number of amides is 1. The lowest BCUT2D eigenvalue weighted by atomic mass is 9.86. The van der Waals surface area contributed by atoms with Crippen LogP contribution in [0, 0.1) is 0 Å². The fraction of sp³-hybridized carbons (Fsp3) is 0.333. The first kappa shape index (κ1) is 19.4. The molecule has 2 heterocycles. The predicted octanol–water partition coefficient (Wildman–Crippen LogP) is 4.62. The van der Waals surface area contributed by atoms with Crippen LogP contribution in [0.1, 0.15) is 36.7 Å². The zero-order valence-corrected chi connectivity index (χ0v) is 17.2. The fourth-order valence-electron chi connectivity index (χ4n) is 3.65. The van der Waals surface area contributed by atoms with Gasteiger partial charge in [-0.2, -0.15) is 0 Å². The number of carbonyl (C=O) groups excluding carboxylic acids is 1. The highest BCUT2D eigenvalue weighted by Crippen LogP contribution is 2.31. The van der Waals surface area contributed by atoms with Gasteiger partial charge in [0.25, 0.3) is 5.91 Å². The van der Waals surface area contributed by atoms with Gasteiger partial charge >= 0.3 is 0 Å². The maximum absolute atomic E-state index is 13.3. The topological polar surface area (TPSA) is 54.5 Å². The lowest BCUT2D eigenvalue weighted by molar-refractivity contribution is 0.102. The van der Waals surface area contributed by atoms with Gasteiger partial charge in [0, 0.05) is 30.4 Å². The van der Waals surface area contributed by atoms with Crippen LogP contribution < -0.4 is 10.2 Å². The second-order valence-electron chi connectivity index (χ2n) is 8.42. The van der Waals surface area contributed by atoms with Crippen LogP contribution >= 0.6 is 0 Å². The molecule has 5 nitrogen and oxygen atoms in total. The summed E-state index contributed by atoms with van der Waals surface area (Å²) in [6.07, 6.45) is 1.75. The van der Waals surface area contributed by atoms with E-state index in [2.05, 4.69) is 48.1 Å². The third kappa shape index (κ3) is 4.10. The Labute approximate surface area is 171 Å². The number of morpholine rings is 1. The van der Waals surface area contributed by atoms with Crippen molar-refractivity contribution >= 4 is 28.2 Å². The summed E-state index contributed by atoms with van der Waals surface area (Å²) < 4.78 is 5.51. The van der Waals surface area contributed by atoms with Crippen LogP contribution in [0.25, 0.3) is 10.9 Å². The maximum atomic E-state index is 13.3. The van der Waals surface area contributed by atoms with E-state index in [0.717, 1.165) is 35.4 Å². The first-order valence-electron chi connectivity index (χ1n) is 10.1. The molecule has 4 rings (SSSR count). The summed E-state index contributed by atoms with van der Waals surface area (Å²) in [6, 6.07) is 15.9. The zero-order valence-electron chi connectivity index (χ0n) is 17.2. The smallest absolute Gasteiger partial charge is 0.257 e. The van der Waals surface area contributed by atoms with Gasteiger partial charge in [-0.1, -0.05) is 45.0 Å². The fourth-order valence-corrected chi connectivity index (χ4v) is 3.65. The number of nitrogens with zero attached hydrogens (tertiary/aromatic N) is 2. The number of ether oxygens (including phenoxy) is 1. The standard InChI is InChI=1S/C24H27N3O2/c1-24(2,3)18-9-10-19(21(16-18)27-12-14-29-15-13-27)23(28)26-20-8-4-6-17-7-5-11-25-22(17)20/h4-11,16H,12-15H2,1-3H3,(H,26,28). The van der Waals surface area contributed by atoms with E-state index in [-0.39, 0.29) is 11.3 Å². The molecule has 5 heteroatoms. The average molecular weight is 389 g/mol. The lowest BCUT2D eigenvalue weighted by Gasteiger charge is -2.32. The maximum Gasteiger partial charge on any atom is 0.257 e. The third-order valence-corrected chi connectivity index (χ3v) is 5.34. The molecular formula is C24H27N3O2. The highest BCUT2D eigenvalue weighted by Gasteiger charge is 2.23. The number of carbonyl (C=O) groups is 1. The largest absolute Gasteiger partial charge is 0.378 e.